The standard InChI is InChI=1S/C17H20N2/c1-3-14-10-11-15(4-2)16(12-14)13-18-19-17-8-6-5-7-9-17/h5-13,19H,3-4H2,1-2H3. The molecule has 0 saturated carbocycles. The van der Waals surface area contributed by atoms with E-state index in [1.54, 1.807) is 0 Å². The van der Waals surface area contributed by atoms with Crippen LogP contribution >= 0.6 is 0 Å². The van der Waals surface area contributed by atoms with Crippen LogP contribution in [0.4, 0.5) is 5.69 Å². The molecule has 2 nitrogen and oxygen atoms in total. The summed E-state index contributed by atoms with van der Waals surface area (Å²) >= 11 is 0. The van der Waals surface area contributed by atoms with Crippen molar-refractivity contribution in [3.63, 3.8) is 0 Å². The van der Waals surface area contributed by atoms with E-state index in [9.17, 15) is 0 Å². The molecule has 0 radical (unpaired) electrons. The van der Waals surface area contributed by atoms with E-state index in [4.69, 9.17) is 0 Å². The highest BCUT2D eigenvalue weighted by Gasteiger charge is 1.99. The highest BCUT2D eigenvalue weighted by atomic mass is 15.3. The smallest absolute Gasteiger partial charge is 0.0561 e. The second kappa shape index (κ2) is 6.74. The van der Waals surface area contributed by atoms with Crippen LogP contribution in [0.25, 0.3) is 0 Å². The van der Waals surface area contributed by atoms with Crippen LogP contribution in [0.2, 0.25) is 0 Å². The number of nitrogens with one attached hydrogen (secondary N) is 1. The van der Waals surface area contributed by atoms with E-state index < -0.39 is 0 Å². The van der Waals surface area contributed by atoms with Crippen LogP contribution in [0.15, 0.2) is 53.6 Å². The molecule has 0 aromatic heterocycles. The third-order valence-electron chi connectivity index (χ3n) is 3.17. The number of rotatable bonds is 5. The first-order chi connectivity index (χ1) is 9.33. The lowest BCUT2D eigenvalue weighted by Crippen LogP contribution is -1.96. The van der Waals surface area contributed by atoms with Crippen molar-refractivity contribution in [1.82, 2.24) is 0 Å². The quantitative estimate of drug-likeness (QED) is 0.624. The fourth-order valence-electron chi connectivity index (χ4n) is 2.00. The Bertz CT molecular complexity index is 544. The predicted octanol–water partition coefficient (Wildman–Crippen LogP) is 4.26. The number of benzene rings is 2. The molecule has 2 aromatic rings. The molecular weight excluding hydrogens is 232 g/mol. The van der Waals surface area contributed by atoms with Crippen molar-refractivity contribution in [2.75, 3.05) is 5.43 Å². The van der Waals surface area contributed by atoms with Crippen molar-refractivity contribution in [1.29, 1.82) is 0 Å². The molecule has 0 bridgehead atoms. The van der Waals surface area contributed by atoms with Crippen molar-refractivity contribution in [3.05, 3.63) is 65.2 Å². The fraction of sp³-hybridized carbons (Fsp3) is 0.235. The van der Waals surface area contributed by atoms with Crippen LogP contribution in [0.5, 0.6) is 0 Å². The Morgan fingerprint density at radius 3 is 2.47 bits per heavy atom. The molecule has 0 aliphatic carbocycles. The van der Waals surface area contributed by atoms with Gasteiger partial charge >= 0.3 is 0 Å². The van der Waals surface area contributed by atoms with E-state index in [1.165, 1.54) is 16.7 Å². The highest BCUT2D eigenvalue weighted by Crippen LogP contribution is 2.12. The van der Waals surface area contributed by atoms with Gasteiger partial charge < -0.3 is 0 Å². The second-order valence-electron chi connectivity index (χ2n) is 4.48. The molecule has 0 saturated heterocycles. The van der Waals surface area contributed by atoms with Crippen LogP contribution in [0.3, 0.4) is 0 Å². The summed E-state index contributed by atoms with van der Waals surface area (Å²) in [5.74, 6) is 0. The summed E-state index contributed by atoms with van der Waals surface area (Å²) in [4.78, 5) is 0. The normalized spacial score (nSPS) is 10.8. The molecule has 0 aliphatic rings. The Hall–Kier alpha value is -2.09. The summed E-state index contributed by atoms with van der Waals surface area (Å²) < 4.78 is 0. The molecule has 98 valence electrons. The van der Waals surface area contributed by atoms with E-state index in [2.05, 4.69) is 42.6 Å². The minimum Gasteiger partial charge on any atom is -0.279 e. The van der Waals surface area contributed by atoms with E-state index >= 15 is 0 Å². The van der Waals surface area contributed by atoms with Gasteiger partial charge in [0.15, 0.2) is 0 Å². The zero-order valence-electron chi connectivity index (χ0n) is 11.6. The molecule has 1 N–H and O–H groups in total. The Morgan fingerprint density at radius 2 is 1.79 bits per heavy atom. The maximum Gasteiger partial charge on any atom is 0.0561 e. The molecule has 2 aromatic carbocycles. The molecule has 0 spiro atoms. The van der Waals surface area contributed by atoms with Gasteiger partial charge in [0.05, 0.1) is 11.9 Å². The minimum atomic E-state index is 1.00. The van der Waals surface area contributed by atoms with E-state index in [0.29, 0.717) is 0 Å². The largest absolute Gasteiger partial charge is 0.279 e. The third-order valence-corrected chi connectivity index (χ3v) is 3.17. The Labute approximate surface area is 115 Å². The number of hydrogen-bond acceptors (Lipinski definition) is 2. The number of hydrogen-bond donors (Lipinski definition) is 1. The zero-order chi connectivity index (χ0) is 13.5. The number of hydrazone groups is 1. The van der Waals surface area contributed by atoms with Gasteiger partial charge in [0.1, 0.15) is 0 Å². The summed E-state index contributed by atoms with van der Waals surface area (Å²) in [5, 5.41) is 4.32. The molecule has 2 rings (SSSR count). The molecule has 2 heteroatoms. The van der Waals surface area contributed by atoms with Gasteiger partial charge in [-0.05, 0) is 47.7 Å². The van der Waals surface area contributed by atoms with E-state index in [1.807, 2.05) is 36.5 Å². The molecule has 19 heavy (non-hydrogen) atoms. The third kappa shape index (κ3) is 3.68. The van der Waals surface area contributed by atoms with E-state index in [-0.39, 0.29) is 0 Å². The Kier molecular flexibility index (Phi) is 4.73. The summed E-state index contributed by atoms with van der Waals surface area (Å²) in [6, 6.07) is 16.6. The molecule has 0 aliphatic heterocycles. The fourth-order valence-corrected chi connectivity index (χ4v) is 2.00. The van der Waals surface area contributed by atoms with Crippen LogP contribution in [-0.2, 0) is 12.8 Å². The first-order valence-electron chi connectivity index (χ1n) is 6.79. The molecule has 0 heterocycles. The molecule has 0 unspecified atom stereocenters. The maximum atomic E-state index is 4.32. The number of para-hydroxylation sites is 1. The molecule has 0 fully saturated rings. The lowest BCUT2D eigenvalue weighted by atomic mass is 10.0. The summed E-state index contributed by atoms with van der Waals surface area (Å²) in [7, 11) is 0. The number of anilines is 1. The summed E-state index contributed by atoms with van der Waals surface area (Å²) in [5.41, 5.74) is 7.93. The zero-order valence-corrected chi connectivity index (χ0v) is 11.6. The lowest BCUT2D eigenvalue weighted by Gasteiger charge is -2.06. The lowest BCUT2D eigenvalue weighted by molar-refractivity contribution is 1.09. The van der Waals surface area contributed by atoms with Crippen LogP contribution in [-0.4, -0.2) is 6.21 Å². The first-order valence-corrected chi connectivity index (χ1v) is 6.79. The molecule has 0 atom stereocenters. The van der Waals surface area contributed by atoms with Gasteiger partial charge in [0.2, 0.25) is 0 Å². The van der Waals surface area contributed by atoms with Crippen LogP contribution < -0.4 is 5.43 Å². The predicted molar refractivity (Wildman–Crippen MR) is 82.9 cm³/mol. The Balaban J connectivity index is 2.13. The van der Waals surface area contributed by atoms with Gasteiger partial charge in [0.25, 0.3) is 0 Å². The van der Waals surface area contributed by atoms with Gasteiger partial charge in [-0.3, -0.25) is 5.43 Å². The highest BCUT2D eigenvalue weighted by molar-refractivity contribution is 5.82. The van der Waals surface area contributed by atoms with Crippen molar-refractivity contribution < 1.29 is 0 Å². The van der Waals surface area contributed by atoms with Crippen molar-refractivity contribution in [3.8, 4) is 0 Å². The average Bonchev–Trinajstić information content (AvgIpc) is 2.48. The van der Waals surface area contributed by atoms with Gasteiger partial charge in [0, 0.05) is 0 Å². The monoisotopic (exact) mass is 252 g/mol. The molecular formula is C17H20N2. The van der Waals surface area contributed by atoms with Crippen molar-refractivity contribution in [2.24, 2.45) is 5.10 Å². The van der Waals surface area contributed by atoms with Crippen molar-refractivity contribution in [2.45, 2.75) is 26.7 Å². The first kappa shape index (κ1) is 13.3. The molecule has 0 amide bonds. The second-order valence-corrected chi connectivity index (χ2v) is 4.48. The van der Waals surface area contributed by atoms with Crippen molar-refractivity contribution >= 4 is 11.9 Å². The van der Waals surface area contributed by atoms with Gasteiger partial charge in [-0.1, -0.05) is 44.2 Å². The van der Waals surface area contributed by atoms with Gasteiger partial charge in [-0.15, -0.1) is 0 Å². The topological polar surface area (TPSA) is 24.4 Å². The number of aryl methyl sites for hydroxylation is 2. The maximum absolute atomic E-state index is 4.32. The van der Waals surface area contributed by atoms with Crippen LogP contribution in [0, 0.1) is 0 Å². The van der Waals surface area contributed by atoms with Gasteiger partial charge in [-0.2, -0.15) is 5.10 Å². The van der Waals surface area contributed by atoms with Crippen LogP contribution in [0.1, 0.15) is 30.5 Å². The number of nitrogens with zero attached hydrogens (tertiary/aromatic N) is 1. The summed E-state index contributed by atoms with van der Waals surface area (Å²) in [6.45, 7) is 4.34. The minimum absolute atomic E-state index is 1.00. The average molecular weight is 252 g/mol. The van der Waals surface area contributed by atoms with E-state index in [0.717, 1.165) is 18.5 Å². The Morgan fingerprint density at radius 1 is 1.00 bits per heavy atom. The van der Waals surface area contributed by atoms with Gasteiger partial charge in [-0.25, -0.2) is 0 Å². The summed E-state index contributed by atoms with van der Waals surface area (Å²) in [6.07, 6.45) is 3.98. The SMILES string of the molecule is CCc1ccc(CC)c(C=NNc2ccccc2)c1.